The van der Waals surface area contributed by atoms with Crippen molar-refractivity contribution in [2.24, 2.45) is 0 Å². The van der Waals surface area contributed by atoms with Crippen LogP contribution < -0.4 is 10.6 Å². The number of pyridine rings is 2. The lowest BCUT2D eigenvalue weighted by atomic mass is 9.95. The molecule has 4 rings (SSSR count). The maximum atomic E-state index is 13.0. The number of halogens is 1. The quantitative estimate of drug-likeness (QED) is 0.545. The van der Waals surface area contributed by atoms with Gasteiger partial charge < -0.3 is 10.6 Å². The van der Waals surface area contributed by atoms with Gasteiger partial charge in [0.2, 0.25) is 0 Å². The second-order valence-electron chi connectivity index (χ2n) is 7.17. The van der Waals surface area contributed by atoms with Crippen LogP contribution in [0.1, 0.15) is 48.2 Å². The van der Waals surface area contributed by atoms with Crippen molar-refractivity contribution in [3.8, 4) is 0 Å². The number of hydrogen-bond acceptors (Lipinski definition) is 4. The van der Waals surface area contributed by atoms with Gasteiger partial charge in [0.25, 0.3) is 5.91 Å². The third-order valence-corrected chi connectivity index (χ3v) is 5.78. The Labute approximate surface area is 173 Å². The Balaban J connectivity index is 1.67. The van der Waals surface area contributed by atoms with Crippen LogP contribution >= 0.6 is 15.9 Å². The first kappa shape index (κ1) is 18.9. The van der Waals surface area contributed by atoms with Crippen molar-refractivity contribution in [1.29, 1.82) is 0 Å². The molecule has 2 N–H and O–H groups in total. The summed E-state index contributed by atoms with van der Waals surface area (Å²) in [5.74, 6) is -0.199. The monoisotopic (exact) mass is 438 g/mol. The average molecular weight is 439 g/mol. The van der Waals surface area contributed by atoms with Crippen molar-refractivity contribution in [1.82, 2.24) is 15.3 Å². The molecule has 1 aliphatic rings. The number of benzene rings is 1. The van der Waals surface area contributed by atoms with Gasteiger partial charge in [-0.1, -0.05) is 49.6 Å². The Morgan fingerprint density at radius 3 is 2.64 bits per heavy atom. The molecule has 0 saturated heterocycles. The second-order valence-corrected chi connectivity index (χ2v) is 7.92. The molecule has 3 aromatic rings. The van der Waals surface area contributed by atoms with Gasteiger partial charge in [0.05, 0.1) is 11.2 Å². The Morgan fingerprint density at radius 2 is 1.86 bits per heavy atom. The number of rotatable bonds is 5. The first-order chi connectivity index (χ1) is 13.7. The lowest BCUT2D eigenvalue weighted by Crippen LogP contribution is -2.28. The van der Waals surface area contributed by atoms with E-state index < -0.39 is 0 Å². The van der Waals surface area contributed by atoms with Gasteiger partial charge in [-0.25, -0.2) is 4.98 Å². The molecule has 1 aromatic carbocycles. The topological polar surface area (TPSA) is 66.9 Å². The van der Waals surface area contributed by atoms with E-state index in [2.05, 4.69) is 36.5 Å². The summed E-state index contributed by atoms with van der Waals surface area (Å²) in [5, 5.41) is 7.49. The highest BCUT2D eigenvalue weighted by molar-refractivity contribution is 9.10. The molecule has 0 atom stereocenters. The number of amides is 1. The van der Waals surface area contributed by atoms with E-state index in [0.717, 1.165) is 35.0 Å². The summed E-state index contributed by atoms with van der Waals surface area (Å²) in [6.07, 6.45) is 7.67. The fourth-order valence-electron chi connectivity index (χ4n) is 3.71. The molecule has 28 heavy (non-hydrogen) atoms. The predicted molar refractivity (Wildman–Crippen MR) is 115 cm³/mol. The standard InChI is InChI=1S/C22H23BrN4O/c23-21-17-12-7-13-24-18(17)19(26-16-10-5-2-6-11-16)20(27-21)22(28)25-14-15-8-3-1-4-9-15/h1,3-4,7-9,12-13,16,26H,2,5-6,10-11,14H2,(H,25,28). The molecule has 0 spiro atoms. The maximum absolute atomic E-state index is 13.0. The van der Waals surface area contributed by atoms with Crippen LogP contribution in [-0.4, -0.2) is 21.9 Å². The molecule has 2 heterocycles. The molecule has 6 heteroatoms. The molecule has 2 aromatic heterocycles. The molecular formula is C22H23BrN4O. The molecule has 1 aliphatic carbocycles. The number of anilines is 1. The van der Waals surface area contributed by atoms with Crippen molar-refractivity contribution in [2.45, 2.75) is 44.7 Å². The zero-order chi connectivity index (χ0) is 19.3. The van der Waals surface area contributed by atoms with Crippen molar-refractivity contribution in [3.63, 3.8) is 0 Å². The van der Waals surface area contributed by atoms with Crippen molar-refractivity contribution in [2.75, 3.05) is 5.32 Å². The molecule has 0 radical (unpaired) electrons. The largest absolute Gasteiger partial charge is 0.379 e. The van der Waals surface area contributed by atoms with E-state index in [1.165, 1.54) is 19.3 Å². The lowest BCUT2D eigenvalue weighted by Gasteiger charge is -2.25. The van der Waals surface area contributed by atoms with Crippen LogP contribution in [-0.2, 0) is 6.54 Å². The normalized spacial score (nSPS) is 14.8. The highest BCUT2D eigenvalue weighted by atomic mass is 79.9. The molecule has 1 fully saturated rings. The third kappa shape index (κ3) is 4.17. The number of nitrogens with one attached hydrogen (secondary N) is 2. The Morgan fingerprint density at radius 1 is 1.07 bits per heavy atom. The molecule has 144 valence electrons. The number of fused-ring (bicyclic) bond motifs is 1. The molecule has 1 saturated carbocycles. The number of hydrogen-bond donors (Lipinski definition) is 2. The second kappa shape index (κ2) is 8.69. The number of carbonyl (C=O) groups is 1. The van der Waals surface area contributed by atoms with E-state index in [4.69, 9.17) is 0 Å². The fraction of sp³-hybridized carbons (Fsp3) is 0.318. The van der Waals surface area contributed by atoms with Gasteiger partial charge in [-0.15, -0.1) is 0 Å². The average Bonchev–Trinajstić information content (AvgIpc) is 2.75. The van der Waals surface area contributed by atoms with E-state index >= 15 is 0 Å². The van der Waals surface area contributed by atoms with Gasteiger partial charge in [-0.2, -0.15) is 0 Å². The Bertz CT molecular complexity index is 971. The Kier molecular flexibility index (Phi) is 5.86. The van der Waals surface area contributed by atoms with Crippen LogP contribution in [0.5, 0.6) is 0 Å². The zero-order valence-corrected chi connectivity index (χ0v) is 17.2. The van der Waals surface area contributed by atoms with Gasteiger partial charge in [0, 0.05) is 24.2 Å². The minimum atomic E-state index is -0.199. The first-order valence-corrected chi connectivity index (χ1v) is 10.5. The van der Waals surface area contributed by atoms with E-state index in [-0.39, 0.29) is 5.91 Å². The fourth-order valence-corrected chi connectivity index (χ4v) is 4.21. The summed E-state index contributed by atoms with van der Waals surface area (Å²) in [7, 11) is 0. The van der Waals surface area contributed by atoms with Crippen molar-refractivity contribution >= 4 is 38.4 Å². The lowest BCUT2D eigenvalue weighted by molar-refractivity contribution is 0.0946. The molecule has 0 unspecified atom stereocenters. The summed E-state index contributed by atoms with van der Waals surface area (Å²) < 4.78 is 0.634. The van der Waals surface area contributed by atoms with Crippen LogP contribution in [0.3, 0.4) is 0 Å². The van der Waals surface area contributed by atoms with Gasteiger partial charge >= 0.3 is 0 Å². The SMILES string of the molecule is O=C(NCc1ccccc1)c1nc(Br)c2cccnc2c1NC1CCCCC1. The van der Waals surface area contributed by atoms with E-state index in [0.29, 0.717) is 22.9 Å². The molecule has 0 aliphatic heterocycles. The smallest absolute Gasteiger partial charge is 0.272 e. The maximum Gasteiger partial charge on any atom is 0.272 e. The molecule has 1 amide bonds. The van der Waals surface area contributed by atoms with Crippen LogP contribution in [0.25, 0.3) is 10.9 Å². The number of carbonyl (C=O) groups excluding carboxylic acids is 1. The van der Waals surface area contributed by atoms with E-state index in [1.807, 2.05) is 42.5 Å². The van der Waals surface area contributed by atoms with Crippen LogP contribution in [0.15, 0.2) is 53.3 Å². The summed E-state index contributed by atoms with van der Waals surface area (Å²) >= 11 is 3.51. The third-order valence-electron chi connectivity index (χ3n) is 5.18. The summed E-state index contributed by atoms with van der Waals surface area (Å²) in [5.41, 5.74) is 2.95. The number of nitrogens with zero attached hydrogens (tertiary/aromatic N) is 2. The van der Waals surface area contributed by atoms with Crippen LogP contribution in [0.4, 0.5) is 5.69 Å². The number of aromatic nitrogens is 2. The minimum Gasteiger partial charge on any atom is -0.379 e. The predicted octanol–water partition coefficient (Wildman–Crippen LogP) is 5.07. The van der Waals surface area contributed by atoms with Crippen LogP contribution in [0, 0.1) is 0 Å². The van der Waals surface area contributed by atoms with Gasteiger partial charge in [0.15, 0.2) is 5.69 Å². The minimum absolute atomic E-state index is 0.199. The van der Waals surface area contributed by atoms with Gasteiger partial charge in [-0.05, 0) is 46.5 Å². The zero-order valence-electron chi connectivity index (χ0n) is 15.6. The summed E-state index contributed by atoms with van der Waals surface area (Å²) in [6, 6.07) is 14.1. The van der Waals surface area contributed by atoms with Gasteiger partial charge in [-0.3, -0.25) is 9.78 Å². The van der Waals surface area contributed by atoms with E-state index in [1.54, 1.807) is 6.20 Å². The van der Waals surface area contributed by atoms with Crippen LogP contribution in [0.2, 0.25) is 0 Å². The highest BCUT2D eigenvalue weighted by Gasteiger charge is 2.23. The molecular weight excluding hydrogens is 416 g/mol. The van der Waals surface area contributed by atoms with Crippen molar-refractivity contribution < 1.29 is 4.79 Å². The highest BCUT2D eigenvalue weighted by Crippen LogP contribution is 2.32. The van der Waals surface area contributed by atoms with Crippen molar-refractivity contribution in [3.05, 3.63) is 64.5 Å². The summed E-state index contributed by atoms with van der Waals surface area (Å²) in [4.78, 5) is 22.2. The van der Waals surface area contributed by atoms with E-state index in [9.17, 15) is 4.79 Å². The Hall–Kier alpha value is -2.47. The van der Waals surface area contributed by atoms with Gasteiger partial charge in [0.1, 0.15) is 4.60 Å². The molecule has 5 nitrogen and oxygen atoms in total. The molecule has 0 bridgehead atoms. The summed E-state index contributed by atoms with van der Waals surface area (Å²) in [6.45, 7) is 0.460. The first-order valence-electron chi connectivity index (χ1n) is 9.75.